The van der Waals surface area contributed by atoms with E-state index in [-0.39, 0.29) is 5.41 Å². The zero-order chi connectivity index (χ0) is 15.5. The average Bonchev–Trinajstić information content (AvgIpc) is 2.45. The van der Waals surface area contributed by atoms with Gasteiger partial charge in [-0.1, -0.05) is 64.3 Å². The summed E-state index contributed by atoms with van der Waals surface area (Å²) in [7, 11) is 0. The normalized spacial score (nSPS) is 18.4. The fourth-order valence-electron chi connectivity index (χ4n) is 2.99. The van der Waals surface area contributed by atoms with Crippen molar-refractivity contribution >= 4 is 5.97 Å². The highest BCUT2D eigenvalue weighted by molar-refractivity contribution is 5.75. The summed E-state index contributed by atoms with van der Waals surface area (Å²) in [4.78, 5) is 11.6. The molecular weight excluding hydrogens is 262 g/mol. The van der Waals surface area contributed by atoms with E-state index in [1.165, 1.54) is 24.8 Å². The number of hydrogen-bond donors (Lipinski definition) is 2. The number of carboxylic acid groups (broad SMARTS) is 1. The van der Waals surface area contributed by atoms with Gasteiger partial charge in [-0.15, -0.1) is 0 Å². The van der Waals surface area contributed by atoms with Crippen LogP contribution < -0.4 is 5.32 Å². The first-order valence-corrected chi connectivity index (χ1v) is 7.97. The molecule has 1 aromatic carbocycles. The Kier molecular flexibility index (Phi) is 5.04. The van der Waals surface area contributed by atoms with Gasteiger partial charge < -0.3 is 5.11 Å². The number of nitrogens with one attached hydrogen (secondary N) is 1. The smallest absolute Gasteiger partial charge is 0.325 e. The predicted molar refractivity (Wildman–Crippen MR) is 85.5 cm³/mol. The maximum Gasteiger partial charge on any atom is 0.325 e. The molecule has 1 saturated carbocycles. The van der Waals surface area contributed by atoms with Crippen molar-refractivity contribution in [2.45, 2.75) is 70.4 Å². The van der Waals surface area contributed by atoms with Crippen LogP contribution in [0.15, 0.2) is 24.3 Å². The summed E-state index contributed by atoms with van der Waals surface area (Å²) in [6.45, 7) is 6.49. The number of hydrogen-bond acceptors (Lipinski definition) is 2. The summed E-state index contributed by atoms with van der Waals surface area (Å²) in [5.74, 6) is -0.788. The lowest BCUT2D eigenvalue weighted by Gasteiger charge is -2.27. The van der Waals surface area contributed by atoms with Crippen LogP contribution in [0, 0.1) is 0 Å². The zero-order valence-electron chi connectivity index (χ0n) is 13.4. The van der Waals surface area contributed by atoms with Gasteiger partial charge in [0.05, 0.1) is 0 Å². The van der Waals surface area contributed by atoms with E-state index < -0.39 is 12.0 Å². The Morgan fingerprint density at radius 3 is 2.19 bits per heavy atom. The molecule has 1 fully saturated rings. The van der Waals surface area contributed by atoms with Crippen molar-refractivity contribution in [1.82, 2.24) is 5.32 Å². The van der Waals surface area contributed by atoms with Gasteiger partial charge in [-0.25, -0.2) is 0 Å². The van der Waals surface area contributed by atoms with Crippen LogP contribution in [0.5, 0.6) is 0 Å². The summed E-state index contributed by atoms with van der Waals surface area (Å²) in [5.41, 5.74) is 2.17. The molecule has 0 amide bonds. The maximum absolute atomic E-state index is 11.6. The second-order valence-electron chi connectivity index (χ2n) is 7.14. The summed E-state index contributed by atoms with van der Waals surface area (Å²) < 4.78 is 0. The predicted octanol–water partition coefficient (Wildman–Crippen LogP) is 4.03. The van der Waals surface area contributed by atoms with Crippen LogP contribution in [0.25, 0.3) is 0 Å². The van der Waals surface area contributed by atoms with E-state index >= 15 is 0 Å². The van der Waals surface area contributed by atoms with Crippen LogP contribution in [-0.2, 0) is 10.2 Å². The third kappa shape index (κ3) is 4.31. The van der Waals surface area contributed by atoms with Gasteiger partial charge >= 0.3 is 5.97 Å². The molecule has 0 spiro atoms. The number of rotatable bonds is 4. The molecule has 1 unspecified atom stereocenters. The number of aliphatic carboxylic acids is 1. The highest BCUT2D eigenvalue weighted by atomic mass is 16.4. The van der Waals surface area contributed by atoms with Gasteiger partial charge in [0.2, 0.25) is 0 Å². The largest absolute Gasteiger partial charge is 0.480 e. The summed E-state index contributed by atoms with van der Waals surface area (Å²) in [5, 5.41) is 12.9. The molecule has 1 aliphatic rings. The van der Waals surface area contributed by atoms with E-state index in [1.807, 2.05) is 24.3 Å². The van der Waals surface area contributed by atoms with Gasteiger partial charge in [0.15, 0.2) is 0 Å². The van der Waals surface area contributed by atoms with Gasteiger partial charge in [0.1, 0.15) is 6.04 Å². The molecule has 0 aliphatic heterocycles. The van der Waals surface area contributed by atoms with E-state index in [4.69, 9.17) is 0 Å². The van der Waals surface area contributed by atoms with Gasteiger partial charge in [-0.05, 0) is 29.4 Å². The second-order valence-corrected chi connectivity index (χ2v) is 7.14. The van der Waals surface area contributed by atoms with Crippen molar-refractivity contribution in [3.63, 3.8) is 0 Å². The van der Waals surface area contributed by atoms with E-state index in [1.54, 1.807) is 0 Å². The van der Waals surface area contributed by atoms with Crippen LogP contribution in [0.4, 0.5) is 0 Å². The van der Waals surface area contributed by atoms with Crippen LogP contribution in [0.3, 0.4) is 0 Å². The average molecular weight is 289 g/mol. The Morgan fingerprint density at radius 2 is 1.71 bits per heavy atom. The first kappa shape index (κ1) is 16.0. The first-order chi connectivity index (χ1) is 9.88. The molecule has 21 heavy (non-hydrogen) atoms. The summed E-state index contributed by atoms with van der Waals surface area (Å²) in [6, 6.07) is 7.75. The third-order valence-electron chi connectivity index (χ3n) is 4.36. The van der Waals surface area contributed by atoms with E-state index in [9.17, 15) is 9.90 Å². The topological polar surface area (TPSA) is 49.3 Å². The van der Waals surface area contributed by atoms with Gasteiger partial charge in [0.25, 0.3) is 0 Å². The van der Waals surface area contributed by atoms with Crippen LogP contribution in [0.2, 0.25) is 0 Å². The minimum atomic E-state index is -0.788. The molecular formula is C18H27NO2. The number of carboxylic acids is 1. The summed E-state index contributed by atoms with van der Waals surface area (Å²) >= 11 is 0. The Balaban J connectivity index is 2.12. The molecule has 3 heteroatoms. The highest BCUT2D eigenvalue weighted by Crippen LogP contribution is 2.26. The molecule has 0 saturated heterocycles. The quantitative estimate of drug-likeness (QED) is 0.879. The van der Waals surface area contributed by atoms with Crippen molar-refractivity contribution in [3.05, 3.63) is 35.4 Å². The molecule has 0 radical (unpaired) electrons. The maximum atomic E-state index is 11.6. The number of benzene rings is 1. The molecule has 3 nitrogen and oxygen atoms in total. The van der Waals surface area contributed by atoms with Crippen molar-refractivity contribution in [2.75, 3.05) is 0 Å². The monoisotopic (exact) mass is 289 g/mol. The van der Waals surface area contributed by atoms with E-state index in [0.717, 1.165) is 18.4 Å². The molecule has 0 heterocycles. The van der Waals surface area contributed by atoms with Crippen molar-refractivity contribution in [1.29, 1.82) is 0 Å². The van der Waals surface area contributed by atoms with Gasteiger partial charge in [-0.3, -0.25) is 10.1 Å². The van der Waals surface area contributed by atoms with Crippen molar-refractivity contribution in [2.24, 2.45) is 0 Å². The van der Waals surface area contributed by atoms with Crippen molar-refractivity contribution < 1.29 is 9.90 Å². The van der Waals surface area contributed by atoms with Crippen LogP contribution in [0.1, 0.15) is 70.0 Å². The van der Waals surface area contributed by atoms with Crippen LogP contribution in [-0.4, -0.2) is 17.1 Å². The molecule has 1 aromatic rings. The fourth-order valence-corrected chi connectivity index (χ4v) is 2.99. The lowest BCUT2D eigenvalue weighted by atomic mass is 9.86. The van der Waals surface area contributed by atoms with Crippen LogP contribution >= 0.6 is 0 Å². The summed E-state index contributed by atoms with van der Waals surface area (Å²) in [6.07, 6.45) is 5.85. The minimum absolute atomic E-state index is 0.0913. The second kappa shape index (κ2) is 6.61. The van der Waals surface area contributed by atoms with Gasteiger partial charge in [0, 0.05) is 6.04 Å². The lowest BCUT2D eigenvalue weighted by molar-refractivity contribution is -0.140. The standard InChI is InChI=1S/C18H27NO2/c1-18(2,3)14-11-9-13(10-12-14)16(17(20)21)19-15-7-5-4-6-8-15/h9-12,15-16,19H,4-8H2,1-3H3,(H,20,21). The Bertz CT molecular complexity index is 467. The Morgan fingerprint density at radius 1 is 1.14 bits per heavy atom. The first-order valence-electron chi connectivity index (χ1n) is 7.97. The van der Waals surface area contributed by atoms with Crippen molar-refractivity contribution in [3.8, 4) is 0 Å². The van der Waals surface area contributed by atoms with Gasteiger partial charge in [-0.2, -0.15) is 0 Å². The van der Waals surface area contributed by atoms with E-state index in [2.05, 4.69) is 26.1 Å². The fraction of sp³-hybridized carbons (Fsp3) is 0.611. The SMILES string of the molecule is CC(C)(C)c1ccc(C(NC2CCCCC2)C(=O)O)cc1. The Labute approximate surface area is 127 Å². The minimum Gasteiger partial charge on any atom is -0.480 e. The molecule has 1 atom stereocenters. The zero-order valence-corrected chi connectivity index (χ0v) is 13.4. The number of carbonyl (C=O) groups is 1. The third-order valence-corrected chi connectivity index (χ3v) is 4.36. The van der Waals surface area contributed by atoms with E-state index in [0.29, 0.717) is 6.04 Å². The Hall–Kier alpha value is -1.35. The molecule has 0 aromatic heterocycles. The molecule has 1 aliphatic carbocycles. The molecule has 2 rings (SSSR count). The molecule has 116 valence electrons. The molecule has 0 bridgehead atoms. The highest BCUT2D eigenvalue weighted by Gasteiger charge is 2.25. The lowest BCUT2D eigenvalue weighted by Crippen LogP contribution is -2.38. The molecule has 2 N–H and O–H groups in total.